The van der Waals surface area contributed by atoms with Crippen molar-refractivity contribution in [3.8, 4) is 0 Å². The molecule has 0 saturated carbocycles. The van der Waals surface area contributed by atoms with Crippen LogP contribution in [0.4, 0.5) is 0 Å². The third kappa shape index (κ3) is 4.28. The maximum absolute atomic E-state index is 13.2. The lowest BCUT2D eigenvalue weighted by Gasteiger charge is -2.23. The molecule has 2 aromatic carbocycles. The quantitative estimate of drug-likeness (QED) is 0.632. The minimum absolute atomic E-state index is 0.0326. The molecule has 3 nitrogen and oxygen atoms in total. The molecule has 0 radical (unpaired) electrons. The molecular formula is C23H25NO2S. The first-order valence-electron chi connectivity index (χ1n) is 9.05. The van der Waals surface area contributed by atoms with E-state index in [9.17, 15) is 8.42 Å². The first kappa shape index (κ1) is 19.3. The van der Waals surface area contributed by atoms with E-state index in [4.69, 9.17) is 0 Å². The number of aryl methyl sites for hydroxylation is 4. The minimum Gasteiger partial charge on any atom is -0.265 e. The van der Waals surface area contributed by atoms with Crippen molar-refractivity contribution in [1.82, 2.24) is 4.98 Å². The Morgan fingerprint density at radius 1 is 0.815 bits per heavy atom. The number of pyridine rings is 1. The highest BCUT2D eigenvalue weighted by atomic mass is 32.2. The van der Waals surface area contributed by atoms with Crippen molar-refractivity contribution in [1.29, 1.82) is 0 Å². The fourth-order valence-corrected chi connectivity index (χ4v) is 5.29. The lowest BCUT2D eigenvalue weighted by Crippen LogP contribution is -2.18. The van der Waals surface area contributed by atoms with E-state index in [0.29, 0.717) is 4.90 Å². The fourth-order valence-electron chi connectivity index (χ4n) is 3.74. The number of hydrogen-bond donors (Lipinski definition) is 0. The molecule has 1 atom stereocenters. The Morgan fingerprint density at radius 2 is 1.37 bits per heavy atom. The summed E-state index contributed by atoms with van der Waals surface area (Å²) in [6, 6.07) is 15.1. The maximum Gasteiger partial charge on any atom is 0.179 e. The second kappa shape index (κ2) is 7.65. The predicted octanol–water partition coefficient (Wildman–Crippen LogP) is 4.92. The van der Waals surface area contributed by atoms with Crippen molar-refractivity contribution in [2.75, 3.05) is 5.75 Å². The van der Waals surface area contributed by atoms with E-state index in [2.05, 4.69) is 37.9 Å². The van der Waals surface area contributed by atoms with Gasteiger partial charge in [0.15, 0.2) is 9.84 Å². The molecule has 0 spiro atoms. The molecule has 0 aliphatic heterocycles. The Bertz CT molecular complexity index is 1020. The van der Waals surface area contributed by atoms with Crippen LogP contribution in [0.15, 0.2) is 65.8 Å². The summed E-state index contributed by atoms with van der Waals surface area (Å²) in [5.74, 6) is -0.204. The second-order valence-electron chi connectivity index (χ2n) is 7.24. The second-order valence-corrected chi connectivity index (χ2v) is 9.27. The Kier molecular flexibility index (Phi) is 5.47. The Balaban J connectivity index is 2.11. The third-order valence-corrected chi connectivity index (χ3v) is 6.72. The number of nitrogens with zero attached hydrogens (tertiary/aromatic N) is 1. The summed E-state index contributed by atoms with van der Waals surface area (Å²) in [7, 11) is -3.44. The summed E-state index contributed by atoms with van der Waals surface area (Å²) in [6.45, 7) is 8.13. The molecule has 140 valence electrons. The van der Waals surface area contributed by atoms with Crippen LogP contribution in [0.2, 0.25) is 0 Å². The monoisotopic (exact) mass is 379 g/mol. The van der Waals surface area contributed by atoms with E-state index in [1.54, 1.807) is 24.5 Å². The number of hydrogen-bond acceptors (Lipinski definition) is 3. The zero-order chi connectivity index (χ0) is 19.6. The molecule has 0 N–H and O–H groups in total. The van der Waals surface area contributed by atoms with Gasteiger partial charge in [-0.3, -0.25) is 4.98 Å². The molecule has 0 saturated heterocycles. The average molecular weight is 380 g/mol. The van der Waals surface area contributed by atoms with E-state index in [0.717, 1.165) is 27.8 Å². The van der Waals surface area contributed by atoms with Crippen LogP contribution in [0.25, 0.3) is 0 Å². The first-order valence-corrected chi connectivity index (χ1v) is 10.7. The van der Waals surface area contributed by atoms with Gasteiger partial charge in [0.25, 0.3) is 0 Å². The summed E-state index contributed by atoms with van der Waals surface area (Å²) in [5.41, 5.74) is 6.52. The van der Waals surface area contributed by atoms with Crippen LogP contribution in [-0.2, 0) is 9.84 Å². The van der Waals surface area contributed by atoms with Gasteiger partial charge in [0.05, 0.1) is 10.6 Å². The van der Waals surface area contributed by atoms with Gasteiger partial charge in [-0.15, -0.1) is 0 Å². The van der Waals surface area contributed by atoms with Crippen molar-refractivity contribution >= 4 is 9.84 Å². The predicted molar refractivity (Wildman–Crippen MR) is 110 cm³/mol. The number of benzene rings is 2. The van der Waals surface area contributed by atoms with Crippen LogP contribution in [0.5, 0.6) is 0 Å². The van der Waals surface area contributed by atoms with Gasteiger partial charge in [0, 0.05) is 18.3 Å². The molecular weight excluding hydrogens is 354 g/mol. The van der Waals surface area contributed by atoms with Crippen molar-refractivity contribution < 1.29 is 8.42 Å². The van der Waals surface area contributed by atoms with E-state index in [1.807, 2.05) is 31.2 Å². The van der Waals surface area contributed by atoms with Crippen molar-refractivity contribution in [2.24, 2.45) is 0 Å². The maximum atomic E-state index is 13.2. The van der Waals surface area contributed by atoms with E-state index >= 15 is 0 Å². The van der Waals surface area contributed by atoms with E-state index < -0.39 is 9.84 Å². The highest BCUT2D eigenvalue weighted by Gasteiger charge is 2.26. The molecule has 0 amide bonds. The Labute approximate surface area is 162 Å². The smallest absolute Gasteiger partial charge is 0.179 e. The van der Waals surface area contributed by atoms with Crippen LogP contribution in [-0.4, -0.2) is 19.2 Å². The van der Waals surface area contributed by atoms with Crippen molar-refractivity contribution in [3.63, 3.8) is 0 Å². The molecule has 0 aliphatic carbocycles. The summed E-state index contributed by atoms with van der Waals surface area (Å²) in [6.07, 6.45) is 3.44. The molecule has 27 heavy (non-hydrogen) atoms. The molecule has 3 aromatic rings. The summed E-state index contributed by atoms with van der Waals surface area (Å²) >= 11 is 0. The van der Waals surface area contributed by atoms with Gasteiger partial charge < -0.3 is 0 Å². The average Bonchev–Trinajstić information content (AvgIpc) is 2.61. The van der Waals surface area contributed by atoms with Crippen LogP contribution in [0.1, 0.15) is 39.3 Å². The highest BCUT2D eigenvalue weighted by molar-refractivity contribution is 7.91. The SMILES string of the molecule is Cc1ccc(S(=O)(=O)C[C@@H](c2ccncc2)c2c(C)cc(C)cc2C)cc1. The molecule has 1 heterocycles. The molecule has 4 heteroatoms. The molecule has 3 rings (SSSR count). The zero-order valence-corrected chi connectivity index (χ0v) is 17.0. The summed E-state index contributed by atoms with van der Waals surface area (Å²) < 4.78 is 26.3. The fraction of sp³-hybridized carbons (Fsp3) is 0.261. The third-order valence-electron chi connectivity index (χ3n) is 4.96. The molecule has 0 unspecified atom stereocenters. The largest absolute Gasteiger partial charge is 0.265 e. The summed E-state index contributed by atoms with van der Waals surface area (Å²) in [4.78, 5) is 4.47. The Hall–Kier alpha value is -2.46. The summed E-state index contributed by atoms with van der Waals surface area (Å²) in [5, 5.41) is 0. The standard InChI is InChI=1S/C23H25NO2S/c1-16-5-7-21(8-6-16)27(25,26)15-22(20-9-11-24-12-10-20)23-18(3)13-17(2)14-19(23)4/h5-14,22H,15H2,1-4H3/t22-/m0/s1. The van der Waals surface area contributed by atoms with E-state index in [1.165, 1.54) is 5.56 Å². The van der Waals surface area contributed by atoms with Crippen LogP contribution < -0.4 is 0 Å². The lowest BCUT2D eigenvalue weighted by molar-refractivity contribution is 0.592. The molecule has 0 aliphatic rings. The van der Waals surface area contributed by atoms with Crippen LogP contribution in [0, 0.1) is 27.7 Å². The number of aromatic nitrogens is 1. The van der Waals surface area contributed by atoms with Gasteiger partial charge in [0.1, 0.15) is 0 Å². The first-order chi connectivity index (χ1) is 12.8. The van der Waals surface area contributed by atoms with Crippen LogP contribution >= 0.6 is 0 Å². The highest BCUT2D eigenvalue weighted by Crippen LogP contribution is 2.33. The van der Waals surface area contributed by atoms with Crippen molar-refractivity contribution in [2.45, 2.75) is 38.5 Å². The molecule has 0 bridgehead atoms. The zero-order valence-electron chi connectivity index (χ0n) is 16.2. The van der Waals surface area contributed by atoms with Gasteiger partial charge in [-0.05, 0) is 74.2 Å². The van der Waals surface area contributed by atoms with Crippen LogP contribution in [0.3, 0.4) is 0 Å². The number of sulfone groups is 1. The Morgan fingerprint density at radius 3 is 1.93 bits per heavy atom. The van der Waals surface area contributed by atoms with E-state index in [-0.39, 0.29) is 11.7 Å². The molecule has 0 fully saturated rings. The van der Waals surface area contributed by atoms with Gasteiger partial charge in [-0.25, -0.2) is 8.42 Å². The van der Waals surface area contributed by atoms with Gasteiger partial charge in [-0.2, -0.15) is 0 Å². The normalized spacial score (nSPS) is 12.7. The minimum atomic E-state index is -3.44. The lowest BCUT2D eigenvalue weighted by atomic mass is 9.86. The molecule has 1 aromatic heterocycles. The van der Waals surface area contributed by atoms with Gasteiger partial charge in [0.2, 0.25) is 0 Å². The van der Waals surface area contributed by atoms with Gasteiger partial charge >= 0.3 is 0 Å². The topological polar surface area (TPSA) is 47.0 Å². The van der Waals surface area contributed by atoms with Crippen molar-refractivity contribution in [3.05, 3.63) is 94.3 Å². The van der Waals surface area contributed by atoms with Gasteiger partial charge in [-0.1, -0.05) is 35.4 Å². The number of rotatable bonds is 5.